The molecule has 1 atom stereocenters. The normalized spacial score (nSPS) is 20.7. The minimum Gasteiger partial charge on any atom is -0.491 e. The molecule has 1 aromatic carbocycles. The second-order valence-electron chi connectivity index (χ2n) is 8.22. The zero-order valence-electron chi connectivity index (χ0n) is 18.6. The van der Waals surface area contributed by atoms with E-state index in [0.717, 1.165) is 63.8 Å². The molecule has 170 valence electrons. The highest BCUT2D eigenvalue weighted by Gasteiger charge is 2.23. The van der Waals surface area contributed by atoms with Gasteiger partial charge in [0.2, 0.25) is 0 Å². The van der Waals surface area contributed by atoms with Gasteiger partial charge in [-0.05, 0) is 63.6 Å². The van der Waals surface area contributed by atoms with Gasteiger partial charge >= 0.3 is 0 Å². The fourth-order valence-electron chi connectivity index (χ4n) is 3.89. The van der Waals surface area contributed by atoms with Gasteiger partial charge in [-0.2, -0.15) is 0 Å². The molecule has 0 aromatic heterocycles. The summed E-state index contributed by atoms with van der Waals surface area (Å²) in [6.45, 7) is 8.41. The average molecular weight is 531 g/mol. The summed E-state index contributed by atoms with van der Waals surface area (Å²) in [6, 6.07) is 8.26. The smallest absolute Gasteiger partial charge is 0.193 e. The standard InChI is InChI=1S/C23H37N3O3.HI/c1-18(2)29-21-9-7-19(8-10-21)16-25-23(24-3)26-13-11-20(12-14-26)28-17-22-6-4-5-15-27-22;/h7-10,18,20,22H,4-6,11-17H2,1-3H3,(H,24,25);1H. The van der Waals surface area contributed by atoms with Crippen LogP contribution in [0.3, 0.4) is 0 Å². The average Bonchev–Trinajstić information content (AvgIpc) is 2.75. The van der Waals surface area contributed by atoms with Crippen molar-refractivity contribution in [1.82, 2.24) is 10.2 Å². The first-order chi connectivity index (χ1) is 14.1. The second-order valence-corrected chi connectivity index (χ2v) is 8.22. The summed E-state index contributed by atoms with van der Waals surface area (Å²) in [4.78, 5) is 6.80. The fraction of sp³-hybridized carbons (Fsp3) is 0.696. The summed E-state index contributed by atoms with van der Waals surface area (Å²) in [5.74, 6) is 1.87. The fourth-order valence-corrected chi connectivity index (χ4v) is 3.89. The van der Waals surface area contributed by atoms with E-state index in [0.29, 0.717) is 12.2 Å². The Morgan fingerprint density at radius 3 is 2.50 bits per heavy atom. The molecule has 2 saturated heterocycles. The highest BCUT2D eigenvalue weighted by Crippen LogP contribution is 2.18. The van der Waals surface area contributed by atoms with E-state index < -0.39 is 0 Å². The van der Waals surface area contributed by atoms with Crippen molar-refractivity contribution in [2.75, 3.05) is 33.4 Å². The Kier molecular flexibility index (Phi) is 11.2. The lowest BCUT2D eigenvalue weighted by atomic mass is 10.1. The summed E-state index contributed by atoms with van der Waals surface area (Å²) in [5, 5.41) is 3.49. The summed E-state index contributed by atoms with van der Waals surface area (Å²) < 4.78 is 17.6. The topological polar surface area (TPSA) is 55.3 Å². The van der Waals surface area contributed by atoms with E-state index in [1.165, 1.54) is 18.4 Å². The van der Waals surface area contributed by atoms with E-state index >= 15 is 0 Å². The molecule has 0 amide bonds. The van der Waals surface area contributed by atoms with Crippen molar-refractivity contribution in [3.05, 3.63) is 29.8 Å². The van der Waals surface area contributed by atoms with Crippen molar-refractivity contribution >= 4 is 29.9 Å². The first kappa shape index (κ1) is 25.2. The molecule has 0 spiro atoms. The molecule has 0 saturated carbocycles. The molecule has 2 fully saturated rings. The van der Waals surface area contributed by atoms with Crippen LogP contribution in [0.5, 0.6) is 5.75 Å². The molecule has 0 bridgehead atoms. The summed E-state index contributed by atoms with van der Waals surface area (Å²) in [6.07, 6.45) is 6.50. The van der Waals surface area contributed by atoms with Gasteiger partial charge in [0.05, 0.1) is 24.9 Å². The number of ether oxygens (including phenoxy) is 3. The van der Waals surface area contributed by atoms with Gasteiger partial charge in [-0.15, -0.1) is 24.0 Å². The Labute approximate surface area is 198 Å². The lowest BCUT2D eigenvalue weighted by molar-refractivity contribution is -0.0721. The van der Waals surface area contributed by atoms with Crippen molar-refractivity contribution in [2.45, 2.75) is 70.8 Å². The van der Waals surface area contributed by atoms with Crippen LogP contribution in [0.4, 0.5) is 0 Å². The summed E-state index contributed by atoms with van der Waals surface area (Å²) in [7, 11) is 1.85. The third-order valence-electron chi connectivity index (χ3n) is 5.49. The van der Waals surface area contributed by atoms with Crippen LogP contribution in [0.2, 0.25) is 0 Å². The van der Waals surface area contributed by atoms with Crippen molar-refractivity contribution in [3.8, 4) is 5.75 Å². The van der Waals surface area contributed by atoms with Crippen LogP contribution in [0.1, 0.15) is 51.5 Å². The van der Waals surface area contributed by atoms with E-state index in [1.54, 1.807) is 0 Å². The number of aliphatic imine (C=N–C) groups is 1. The second kappa shape index (κ2) is 13.4. The van der Waals surface area contributed by atoms with Crippen LogP contribution < -0.4 is 10.1 Å². The van der Waals surface area contributed by atoms with Gasteiger partial charge in [-0.25, -0.2) is 0 Å². The minimum absolute atomic E-state index is 0. The summed E-state index contributed by atoms with van der Waals surface area (Å²) in [5.41, 5.74) is 1.22. The Bertz CT molecular complexity index is 625. The maximum atomic E-state index is 6.13. The molecule has 2 aliphatic heterocycles. The molecule has 1 N–H and O–H groups in total. The lowest BCUT2D eigenvalue weighted by Gasteiger charge is -2.35. The quantitative estimate of drug-likeness (QED) is 0.325. The maximum absolute atomic E-state index is 6.13. The molecule has 0 radical (unpaired) electrons. The zero-order chi connectivity index (χ0) is 20.5. The Morgan fingerprint density at radius 2 is 1.90 bits per heavy atom. The first-order valence-corrected chi connectivity index (χ1v) is 11.1. The largest absolute Gasteiger partial charge is 0.491 e. The number of nitrogens with zero attached hydrogens (tertiary/aromatic N) is 2. The molecule has 1 unspecified atom stereocenters. The monoisotopic (exact) mass is 531 g/mol. The van der Waals surface area contributed by atoms with Crippen LogP contribution in [-0.4, -0.2) is 62.5 Å². The number of nitrogens with one attached hydrogen (secondary N) is 1. The number of guanidine groups is 1. The van der Waals surface area contributed by atoms with E-state index in [4.69, 9.17) is 14.2 Å². The summed E-state index contributed by atoms with van der Waals surface area (Å²) >= 11 is 0. The number of piperidine rings is 1. The maximum Gasteiger partial charge on any atom is 0.193 e. The molecule has 1 aromatic rings. The molecule has 7 heteroatoms. The lowest BCUT2D eigenvalue weighted by Crippen LogP contribution is -2.47. The van der Waals surface area contributed by atoms with E-state index in [2.05, 4.69) is 27.3 Å². The molecule has 2 heterocycles. The molecule has 30 heavy (non-hydrogen) atoms. The van der Waals surface area contributed by atoms with Gasteiger partial charge in [-0.3, -0.25) is 4.99 Å². The molecule has 6 nitrogen and oxygen atoms in total. The van der Waals surface area contributed by atoms with Gasteiger partial charge in [0.1, 0.15) is 5.75 Å². The van der Waals surface area contributed by atoms with Crippen LogP contribution in [0.25, 0.3) is 0 Å². The number of benzene rings is 1. The number of hydrogen-bond acceptors (Lipinski definition) is 4. The van der Waals surface area contributed by atoms with E-state index in [9.17, 15) is 0 Å². The Balaban J connectivity index is 0.00000320. The van der Waals surface area contributed by atoms with Crippen LogP contribution in [-0.2, 0) is 16.0 Å². The van der Waals surface area contributed by atoms with Gasteiger partial charge < -0.3 is 24.4 Å². The van der Waals surface area contributed by atoms with Crippen molar-refractivity contribution in [2.24, 2.45) is 4.99 Å². The Hall–Kier alpha value is -1.06. The molecule has 0 aliphatic carbocycles. The zero-order valence-corrected chi connectivity index (χ0v) is 21.0. The van der Waals surface area contributed by atoms with Gasteiger partial charge in [0.15, 0.2) is 5.96 Å². The van der Waals surface area contributed by atoms with Gasteiger partial charge in [-0.1, -0.05) is 12.1 Å². The third kappa shape index (κ3) is 8.23. The number of rotatable bonds is 7. The number of hydrogen-bond donors (Lipinski definition) is 1. The highest BCUT2D eigenvalue weighted by atomic mass is 127. The van der Waals surface area contributed by atoms with Crippen LogP contribution >= 0.6 is 24.0 Å². The number of likely N-dealkylation sites (tertiary alicyclic amines) is 1. The minimum atomic E-state index is 0. The number of halogens is 1. The van der Waals surface area contributed by atoms with E-state index in [1.807, 2.05) is 33.0 Å². The molecule has 2 aliphatic rings. The molecular formula is C23H38IN3O3. The van der Waals surface area contributed by atoms with Gasteiger partial charge in [0, 0.05) is 33.3 Å². The predicted octanol–water partition coefficient (Wildman–Crippen LogP) is 4.22. The predicted molar refractivity (Wildman–Crippen MR) is 132 cm³/mol. The first-order valence-electron chi connectivity index (χ1n) is 11.1. The molecule has 3 rings (SSSR count). The van der Waals surface area contributed by atoms with Crippen LogP contribution in [0, 0.1) is 0 Å². The van der Waals surface area contributed by atoms with Crippen molar-refractivity contribution in [1.29, 1.82) is 0 Å². The third-order valence-corrected chi connectivity index (χ3v) is 5.49. The molecular weight excluding hydrogens is 493 g/mol. The SMILES string of the molecule is CN=C(NCc1ccc(OC(C)C)cc1)N1CCC(OCC2CCCCO2)CC1.I. The Morgan fingerprint density at radius 1 is 1.17 bits per heavy atom. The van der Waals surface area contributed by atoms with E-state index in [-0.39, 0.29) is 30.1 Å². The van der Waals surface area contributed by atoms with Crippen molar-refractivity contribution in [3.63, 3.8) is 0 Å². The van der Waals surface area contributed by atoms with Crippen molar-refractivity contribution < 1.29 is 14.2 Å². The highest BCUT2D eigenvalue weighted by molar-refractivity contribution is 14.0. The van der Waals surface area contributed by atoms with Crippen LogP contribution in [0.15, 0.2) is 29.3 Å². The van der Waals surface area contributed by atoms with Gasteiger partial charge in [0.25, 0.3) is 0 Å².